The zero-order chi connectivity index (χ0) is 29.1. The lowest BCUT2D eigenvalue weighted by Crippen LogP contribution is -2.54. The van der Waals surface area contributed by atoms with Gasteiger partial charge in [-0.25, -0.2) is 28.1 Å². The summed E-state index contributed by atoms with van der Waals surface area (Å²) in [4.78, 5) is 62.0. The third-order valence-corrected chi connectivity index (χ3v) is 5.39. The Morgan fingerprint density at radius 3 is 2.26 bits per heavy atom. The normalized spacial score (nSPS) is 11.2. The largest absolute Gasteiger partial charge is 0.465 e. The van der Waals surface area contributed by atoms with Gasteiger partial charge in [0.25, 0.3) is 5.69 Å². The lowest BCUT2D eigenvalue weighted by molar-refractivity contribution is -0.384. The van der Waals surface area contributed by atoms with Gasteiger partial charge >= 0.3 is 29.2 Å². The van der Waals surface area contributed by atoms with Crippen LogP contribution in [0.3, 0.4) is 0 Å². The summed E-state index contributed by atoms with van der Waals surface area (Å²) in [5.41, 5.74) is -6.42. The van der Waals surface area contributed by atoms with Crippen molar-refractivity contribution >= 4 is 23.3 Å². The van der Waals surface area contributed by atoms with Crippen molar-refractivity contribution in [2.45, 2.75) is 26.2 Å². The zero-order valence-electron chi connectivity index (χ0n) is 19.9. The molecule has 0 fully saturated rings. The minimum absolute atomic E-state index is 0.0765. The minimum Gasteiger partial charge on any atom is -0.465 e. The van der Waals surface area contributed by atoms with Crippen molar-refractivity contribution in [1.29, 1.82) is 0 Å². The van der Waals surface area contributed by atoms with Gasteiger partial charge in [-0.3, -0.25) is 14.9 Å². The summed E-state index contributed by atoms with van der Waals surface area (Å²) in [5.74, 6) is -1.43. The van der Waals surface area contributed by atoms with Crippen LogP contribution in [0, 0.1) is 10.1 Å². The van der Waals surface area contributed by atoms with E-state index in [0.29, 0.717) is 15.2 Å². The van der Waals surface area contributed by atoms with Gasteiger partial charge < -0.3 is 9.47 Å². The number of nitrogens with zero attached hydrogens (tertiary/aromatic N) is 4. The van der Waals surface area contributed by atoms with Gasteiger partial charge in [0.1, 0.15) is 23.7 Å². The molecule has 206 valence electrons. The number of allylic oxidation sites excluding steroid dienone is 1. The minimum atomic E-state index is -4.73. The van der Waals surface area contributed by atoms with Gasteiger partial charge in [-0.15, -0.1) is 6.58 Å². The second-order valence-corrected chi connectivity index (χ2v) is 8.03. The highest BCUT2D eigenvalue weighted by atomic mass is 35.5. The Hall–Kier alpha value is -4.66. The van der Waals surface area contributed by atoms with Crippen molar-refractivity contribution < 1.29 is 32.4 Å². The van der Waals surface area contributed by atoms with Gasteiger partial charge in [0, 0.05) is 18.2 Å². The molecular weight excluding hydrogens is 553 g/mol. The van der Waals surface area contributed by atoms with Crippen LogP contribution in [-0.4, -0.2) is 31.2 Å². The Bertz CT molecular complexity index is 1640. The number of nitro groups is 1. The molecule has 0 spiro atoms. The first kappa shape index (κ1) is 28.9. The van der Waals surface area contributed by atoms with E-state index in [4.69, 9.17) is 21.1 Å². The molecule has 0 radical (unpaired) electrons. The van der Waals surface area contributed by atoms with Gasteiger partial charge in [-0.2, -0.15) is 13.2 Å². The summed E-state index contributed by atoms with van der Waals surface area (Å²) in [5, 5.41) is 11.1. The van der Waals surface area contributed by atoms with Gasteiger partial charge in [0.15, 0.2) is 0 Å². The molecule has 3 aromatic rings. The highest BCUT2D eigenvalue weighted by molar-refractivity contribution is 6.31. The van der Waals surface area contributed by atoms with Gasteiger partial charge in [-0.1, -0.05) is 17.7 Å². The number of hydrogen-bond acceptors (Lipinski definition) is 8. The van der Waals surface area contributed by atoms with Crippen LogP contribution in [0.25, 0.3) is 5.69 Å². The fourth-order valence-corrected chi connectivity index (χ4v) is 3.70. The number of hydrogen-bond donors (Lipinski definition) is 0. The van der Waals surface area contributed by atoms with E-state index in [9.17, 15) is 42.5 Å². The van der Waals surface area contributed by atoms with Gasteiger partial charge in [-0.05, 0) is 25.1 Å². The van der Waals surface area contributed by atoms with Crippen LogP contribution in [-0.2, 0) is 28.8 Å². The van der Waals surface area contributed by atoms with E-state index in [-0.39, 0.29) is 22.7 Å². The molecule has 1 heterocycles. The van der Waals surface area contributed by atoms with Gasteiger partial charge in [0.05, 0.1) is 28.7 Å². The summed E-state index contributed by atoms with van der Waals surface area (Å²) in [6, 6.07) is 5.29. The highest BCUT2D eigenvalue weighted by Crippen LogP contribution is 2.37. The maximum atomic E-state index is 13.2. The molecule has 0 atom stereocenters. The summed E-state index contributed by atoms with van der Waals surface area (Å²) in [6.45, 7) is 3.50. The van der Waals surface area contributed by atoms with Crippen LogP contribution in [0.4, 0.5) is 18.9 Å². The molecule has 0 aliphatic heterocycles. The number of halogens is 4. The molecule has 3 rings (SSSR count). The van der Waals surface area contributed by atoms with E-state index in [1.807, 2.05) is 0 Å². The molecular formula is C23H18ClF3N4O8. The third kappa shape index (κ3) is 6.09. The van der Waals surface area contributed by atoms with Crippen molar-refractivity contribution in [1.82, 2.24) is 13.7 Å². The molecule has 0 saturated heterocycles. The molecule has 12 nitrogen and oxygen atoms in total. The van der Waals surface area contributed by atoms with Crippen LogP contribution in [0.2, 0.25) is 5.02 Å². The number of carbonyl (C=O) groups excluding carboxylic acids is 1. The first-order chi connectivity index (χ1) is 18.3. The topological polar surface area (TPSA) is 145 Å². The van der Waals surface area contributed by atoms with Crippen LogP contribution in [0.15, 0.2) is 63.4 Å². The van der Waals surface area contributed by atoms with E-state index in [2.05, 4.69) is 6.58 Å². The van der Waals surface area contributed by atoms with Gasteiger partial charge in [0.2, 0.25) is 0 Å². The van der Waals surface area contributed by atoms with E-state index in [1.165, 1.54) is 6.92 Å². The van der Waals surface area contributed by atoms with Crippen molar-refractivity contribution in [2.24, 2.45) is 0 Å². The van der Waals surface area contributed by atoms with Crippen molar-refractivity contribution in [3.05, 3.63) is 101 Å². The van der Waals surface area contributed by atoms with Crippen molar-refractivity contribution in [2.75, 3.05) is 6.61 Å². The number of benzene rings is 2. The lowest BCUT2D eigenvalue weighted by Gasteiger charge is -2.14. The summed E-state index contributed by atoms with van der Waals surface area (Å²) >= 11 is 5.70. The zero-order valence-corrected chi connectivity index (χ0v) is 20.7. The first-order valence-corrected chi connectivity index (χ1v) is 11.2. The molecule has 16 heteroatoms. The number of esters is 1. The van der Waals surface area contributed by atoms with Crippen LogP contribution in [0.1, 0.15) is 12.5 Å². The average Bonchev–Trinajstić information content (AvgIpc) is 2.84. The number of ether oxygens (including phenoxy) is 2. The molecule has 1 aromatic heterocycles. The maximum Gasteiger partial charge on any atom is 0.417 e. The number of nitro benzene ring substituents is 1. The summed E-state index contributed by atoms with van der Waals surface area (Å²) in [7, 11) is 0. The fraction of sp³-hybridized carbons (Fsp3) is 0.217. The summed E-state index contributed by atoms with van der Waals surface area (Å²) in [6.07, 6.45) is -3.58. The second kappa shape index (κ2) is 11.4. The molecule has 0 saturated carbocycles. The Balaban J connectivity index is 2.24. The quantitative estimate of drug-likeness (QED) is 0.165. The molecule has 0 aliphatic carbocycles. The molecule has 2 aromatic carbocycles. The van der Waals surface area contributed by atoms with Crippen LogP contribution in [0.5, 0.6) is 11.5 Å². The van der Waals surface area contributed by atoms with E-state index in [0.717, 1.165) is 36.4 Å². The maximum absolute atomic E-state index is 13.2. The lowest BCUT2D eigenvalue weighted by atomic mass is 10.2. The first-order valence-electron chi connectivity index (χ1n) is 10.9. The van der Waals surface area contributed by atoms with Crippen LogP contribution >= 0.6 is 11.6 Å². The average molecular weight is 571 g/mol. The van der Waals surface area contributed by atoms with E-state index < -0.39 is 69.2 Å². The summed E-state index contributed by atoms with van der Waals surface area (Å²) < 4.78 is 50.4. The Kier molecular flexibility index (Phi) is 8.44. The smallest absolute Gasteiger partial charge is 0.417 e. The van der Waals surface area contributed by atoms with Crippen LogP contribution < -0.4 is 21.8 Å². The monoisotopic (exact) mass is 570 g/mol. The molecule has 0 amide bonds. The Morgan fingerprint density at radius 1 is 1.08 bits per heavy atom. The second-order valence-electron chi connectivity index (χ2n) is 7.62. The predicted octanol–water partition coefficient (Wildman–Crippen LogP) is 3.28. The Labute approximate surface area is 220 Å². The number of carbonyl (C=O) groups is 1. The van der Waals surface area contributed by atoms with E-state index in [1.54, 1.807) is 0 Å². The fourth-order valence-electron chi connectivity index (χ4n) is 3.42. The number of alkyl halides is 3. The molecule has 39 heavy (non-hydrogen) atoms. The Morgan fingerprint density at radius 2 is 1.69 bits per heavy atom. The molecule has 0 bridgehead atoms. The predicted molar refractivity (Wildman–Crippen MR) is 131 cm³/mol. The molecule has 0 unspecified atom stereocenters. The highest BCUT2D eigenvalue weighted by Gasteiger charge is 2.33. The van der Waals surface area contributed by atoms with Crippen molar-refractivity contribution in [3.63, 3.8) is 0 Å². The number of rotatable bonds is 9. The molecule has 0 N–H and O–H groups in total. The van der Waals surface area contributed by atoms with E-state index >= 15 is 0 Å². The number of aromatic nitrogens is 3. The SMILES string of the molecule is C=CCn1c(=O)n(CC(=O)OCC)c(=O)n(-c2cc(Oc3ccc(C(F)(F)F)c(Cl)c3)ccc2[N+](=O)[O-])c1=O. The molecule has 0 aliphatic rings. The standard InChI is InChI=1S/C23H18ClF3N4O8/c1-3-9-28-20(33)29(12-19(32)38-4-2)22(35)30(21(28)34)18-11-14(6-8-17(18)31(36)37)39-13-5-7-15(16(24)10-13)23(25,26)27/h3,5-8,10-11H,1,4,9,12H2,2H3. The van der Waals surface area contributed by atoms with Crippen molar-refractivity contribution in [3.8, 4) is 17.2 Å². The third-order valence-electron chi connectivity index (χ3n) is 5.08.